The van der Waals surface area contributed by atoms with Crippen LogP contribution in [0.5, 0.6) is 0 Å². The molecule has 1 atom stereocenters. The van der Waals surface area contributed by atoms with Crippen LogP contribution in [0, 0.1) is 0 Å². The van der Waals surface area contributed by atoms with Gasteiger partial charge in [-0.15, -0.1) is 5.10 Å². The van der Waals surface area contributed by atoms with Crippen molar-refractivity contribution in [2.24, 2.45) is 0 Å². The Morgan fingerprint density at radius 2 is 2.06 bits per heavy atom. The second-order valence-electron chi connectivity index (χ2n) is 4.28. The van der Waals surface area contributed by atoms with Gasteiger partial charge in [-0.2, -0.15) is 0 Å². The largest absolute Gasteiger partial charge is 0.392 e. The summed E-state index contributed by atoms with van der Waals surface area (Å²) in [4.78, 5) is 6.68. The number of hydrogen-bond acceptors (Lipinski definition) is 5. The zero-order chi connectivity index (χ0) is 13.0. The minimum atomic E-state index is -0.685. The molecule has 1 aromatic carbocycles. The van der Waals surface area contributed by atoms with Gasteiger partial charge in [0.15, 0.2) is 0 Å². The quantitative estimate of drug-likeness (QED) is 0.816. The van der Waals surface area contributed by atoms with E-state index in [-0.39, 0.29) is 19.3 Å². The Balaban J connectivity index is 1.90. The summed E-state index contributed by atoms with van der Waals surface area (Å²) in [7, 11) is 0. The third-order valence-corrected chi connectivity index (χ3v) is 2.33. The molecule has 0 radical (unpaired) electrons. The van der Waals surface area contributed by atoms with E-state index in [1.807, 2.05) is 38.1 Å². The SMILES string of the molecule is CC(C)OCC(O)COn1nnc2ccccc21. The van der Waals surface area contributed by atoms with Crippen molar-refractivity contribution < 1.29 is 14.7 Å². The molecule has 2 rings (SSSR count). The van der Waals surface area contributed by atoms with Crippen molar-refractivity contribution in [2.45, 2.75) is 26.1 Å². The van der Waals surface area contributed by atoms with Gasteiger partial charge in [0, 0.05) is 0 Å². The molecule has 1 N–H and O–H groups in total. The van der Waals surface area contributed by atoms with Crippen LogP contribution in [-0.4, -0.2) is 45.7 Å². The molecule has 1 heterocycles. The number of fused-ring (bicyclic) bond motifs is 1. The molecule has 0 saturated heterocycles. The van der Waals surface area contributed by atoms with E-state index < -0.39 is 6.10 Å². The van der Waals surface area contributed by atoms with Crippen molar-refractivity contribution in [3.8, 4) is 0 Å². The molecule has 0 saturated carbocycles. The number of nitrogens with zero attached hydrogens (tertiary/aromatic N) is 3. The average Bonchev–Trinajstić information content (AvgIpc) is 2.77. The molecule has 98 valence electrons. The van der Waals surface area contributed by atoms with Gasteiger partial charge in [-0.25, -0.2) is 0 Å². The minimum absolute atomic E-state index is 0.0897. The lowest BCUT2D eigenvalue weighted by Gasteiger charge is -2.13. The number of benzene rings is 1. The van der Waals surface area contributed by atoms with Crippen LogP contribution in [0.3, 0.4) is 0 Å². The predicted octanol–water partition coefficient (Wildman–Crippen LogP) is 0.646. The van der Waals surface area contributed by atoms with E-state index in [1.165, 1.54) is 4.85 Å². The highest BCUT2D eigenvalue weighted by atomic mass is 16.7. The molecule has 0 spiro atoms. The van der Waals surface area contributed by atoms with E-state index in [2.05, 4.69) is 10.3 Å². The Morgan fingerprint density at radius 3 is 2.83 bits per heavy atom. The van der Waals surface area contributed by atoms with Crippen LogP contribution in [0.4, 0.5) is 0 Å². The van der Waals surface area contributed by atoms with E-state index in [0.29, 0.717) is 0 Å². The van der Waals surface area contributed by atoms with Gasteiger partial charge in [0.1, 0.15) is 23.7 Å². The molecule has 0 aliphatic heterocycles. The molecular weight excluding hydrogens is 234 g/mol. The lowest BCUT2D eigenvalue weighted by molar-refractivity contribution is -0.0433. The molecule has 18 heavy (non-hydrogen) atoms. The number of aliphatic hydroxyl groups is 1. The molecule has 6 nitrogen and oxygen atoms in total. The zero-order valence-corrected chi connectivity index (χ0v) is 10.5. The molecule has 0 fully saturated rings. The summed E-state index contributed by atoms with van der Waals surface area (Å²) in [5, 5.41) is 17.5. The van der Waals surface area contributed by atoms with E-state index in [1.54, 1.807) is 0 Å². The van der Waals surface area contributed by atoms with Gasteiger partial charge in [0.2, 0.25) is 0 Å². The molecule has 0 amide bonds. The second-order valence-corrected chi connectivity index (χ2v) is 4.28. The Kier molecular flexibility index (Phi) is 4.11. The van der Waals surface area contributed by atoms with Gasteiger partial charge in [0.25, 0.3) is 0 Å². The fourth-order valence-electron chi connectivity index (χ4n) is 1.45. The Bertz CT molecular complexity index is 498. The third-order valence-electron chi connectivity index (χ3n) is 2.33. The number of aliphatic hydroxyl groups excluding tert-OH is 1. The van der Waals surface area contributed by atoms with Crippen molar-refractivity contribution >= 4 is 11.0 Å². The fraction of sp³-hybridized carbons (Fsp3) is 0.500. The number of aromatic nitrogens is 3. The van der Waals surface area contributed by atoms with Gasteiger partial charge >= 0.3 is 0 Å². The standard InChI is InChI=1S/C12H17N3O3/c1-9(2)17-7-10(16)8-18-15-12-6-4-3-5-11(12)13-14-15/h3-6,9-10,16H,7-8H2,1-2H3. The summed E-state index contributed by atoms with van der Waals surface area (Å²) in [6, 6.07) is 7.46. The average molecular weight is 251 g/mol. The lowest BCUT2D eigenvalue weighted by atomic mass is 10.3. The fourth-order valence-corrected chi connectivity index (χ4v) is 1.45. The highest BCUT2D eigenvalue weighted by Gasteiger charge is 2.09. The van der Waals surface area contributed by atoms with Crippen molar-refractivity contribution in [2.75, 3.05) is 13.2 Å². The molecular formula is C12H17N3O3. The first-order chi connectivity index (χ1) is 8.66. The number of rotatable bonds is 6. The maximum absolute atomic E-state index is 9.66. The van der Waals surface area contributed by atoms with Crippen molar-refractivity contribution in [3.05, 3.63) is 24.3 Å². The molecule has 0 bridgehead atoms. The van der Waals surface area contributed by atoms with Crippen LogP contribution in [0.2, 0.25) is 0 Å². The highest BCUT2D eigenvalue weighted by molar-refractivity contribution is 5.73. The first-order valence-electron chi connectivity index (χ1n) is 5.90. The number of hydrogen-bond donors (Lipinski definition) is 1. The summed E-state index contributed by atoms with van der Waals surface area (Å²) in [5.74, 6) is 0. The van der Waals surface area contributed by atoms with Crippen molar-refractivity contribution in [3.63, 3.8) is 0 Å². The van der Waals surface area contributed by atoms with Gasteiger partial charge in [0.05, 0.1) is 12.7 Å². The van der Waals surface area contributed by atoms with Crippen molar-refractivity contribution in [1.82, 2.24) is 15.2 Å². The predicted molar refractivity (Wildman–Crippen MR) is 66.1 cm³/mol. The summed E-state index contributed by atoms with van der Waals surface area (Å²) in [6.07, 6.45) is -0.595. The van der Waals surface area contributed by atoms with Gasteiger partial charge in [-0.1, -0.05) is 17.0 Å². The normalized spacial score (nSPS) is 13.1. The van der Waals surface area contributed by atoms with Gasteiger partial charge in [-0.05, 0) is 31.2 Å². The summed E-state index contributed by atoms with van der Waals surface area (Å²) >= 11 is 0. The second kappa shape index (κ2) is 5.79. The van der Waals surface area contributed by atoms with Crippen LogP contribution in [0.1, 0.15) is 13.8 Å². The Morgan fingerprint density at radius 1 is 1.28 bits per heavy atom. The van der Waals surface area contributed by atoms with Crippen LogP contribution in [-0.2, 0) is 4.74 Å². The van der Waals surface area contributed by atoms with Crippen LogP contribution >= 0.6 is 0 Å². The van der Waals surface area contributed by atoms with E-state index >= 15 is 0 Å². The van der Waals surface area contributed by atoms with Crippen LogP contribution in [0.15, 0.2) is 24.3 Å². The lowest BCUT2D eigenvalue weighted by Crippen LogP contribution is -2.29. The van der Waals surface area contributed by atoms with Gasteiger partial charge in [-0.3, -0.25) is 0 Å². The maximum atomic E-state index is 9.66. The van der Waals surface area contributed by atoms with E-state index in [0.717, 1.165) is 11.0 Å². The summed E-state index contributed by atoms with van der Waals surface area (Å²) in [6.45, 7) is 4.18. The number of para-hydroxylation sites is 1. The van der Waals surface area contributed by atoms with Gasteiger partial charge < -0.3 is 14.7 Å². The van der Waals surface area contributed by atoms with Crippen LogP contribution < -0.4 is 4.84 Å². The summed E-state index contributed by atoms with van der Waals surface area (Å²) < 4.78 is 5.29. The zero-order valence-electron chi connectivity index (χ0n) is 10.5. The molecule has 2 aromatic rings. The molecule has 1 unspecified atom stereocenters. The maximum Gasteiger partial charge on any atom is 0.145 e. The molecule has 0 aliphatic carbocycles. The molecule has 1 aromatic heterocycles. The summed E-state index contributed by atoms with van der Waals surface area (Å²) in [5.41, 5.74) is 1.53. The third kappa shape index (κ3) is 3.18. The minimum Gasteiger partial charge on any atom is -0.392 e. The Hall–Kier alpha value is -1.66. The first kappa shape index (κ1) is 12.8. The highest BCUT2D eigenvalue weighted by Crippen LogP contribution is 2.08. The van der Waals surface area contributed by atoms with E-state index in [4.69, 9.17) is 9.57 Å². The first-order valence-corrected chi connectivity index (χ1v) is 5.90. The molecule has 6 heteroatoms. The topological polar surface area (TPSA) is 69.4 Å². The molecule has 0 aliphatic rings. The number of ether oxygens (including phenoxy) is 1. The van der Waals surface area contributed by atoms with E-state index in [9.17, 15) is 5.11 Å². The van der Waals surface area contributed by atoms with Crippen LogP contribution in [0.25, 0.3) is 11.0 Å². The smallest absolute Gasteiger partial charge is 0.145 e. The monoisotopic (exact) mass is 251 g/mol. The van der Waals surface area contributed by atoms with Crippen molar-refractivity contribution in [1.29, 1.82) is 0 Å². The Labute approximate surface area is 105 Å².